The molecule has 0 saturated carbocycles. The molecule has 2 saturated heterocycles. The summed E-state index contributed by atoms with van der Waals surface area (Å²) in [6.45, 7) is 3.78. The van der Waals surface area contributed by atoms with Gasteiger partial charge in [0.1, 0.15) is 6.04 Å². The van der Waals surface area contributed by atoms with Crippen molar-refractivity contribution in [2.45, 2.75) is 25.3 Å². The van der Waals surface area contributed by atoms with Gasteiger partial charge in [0.15, 0.2) is 0 Å². The predicted molar refractivity (Wildman–Crippen MR) is 95.5 cm³/mol. The number of carbonyl (C=O) groups excluding carboxylic acids is 1. The summed E-state index contributed by atoms with van der Waals surface area (Å²) in [6.07, 6.45) is 5.47. The molecule has 6 heteroatoms. The number of aliphatic carboxylic acids is 1. The van der Waals surface area contributed by atoms with E-state index in [9.17, 15) is 14.7 Å². The van der Waals surface area contributed by atoms with Crippen LogP contribution in [0.1, 0.15) is 24.8 Å². The van der Waals surface area contributed by atoms with E-state index in [2.05, 4.69) is 4.90 Å². The van der Waals surface area contributed by atoms with Crippen LogP contribution in [0.2, 0.25) is 0 Å². The smallest absolute Gasteiger partial charge is 0.326 e. The maximum atomic E-state index is 12.4. The number of carbonyl (C=O) groups is 2. The molecular formula is C19H24N2O4. The first-order valence-electron chi connectivity index (χ1n) is 8.79. The minimum Gasteiger partial charge on any atom is -0.480 e. The Kier molecular flexibility index (Phi) is 5.71. The molecule has 2 fully saturated rings. The Bertz CT molecular complexity index is 635. The molecular weight excluding hydrogens is 320 g/mol. The van der Waals surface area contributed by atoms with Crippen LogP contribution < -0.4 is 4.90 Å². The molecule has 1 unspecified atom stereocenters. The highest BCUT2D eigenvalue weighted by Gasteiger charge is 2.30. The van der Waals surface area contributed by atoms with Crippen molar-refractivity contribution in [3.8, 4) is 0 Å². The number of hydrogen-bond donors (Lipinski definition) is 1. The van der Waals surface area contributed by atoms with Gasteiger partial charge in [-0.05, 0) is 43.0 Å². The van der Waals surface area contributed by atoms with Crippen LogP contribution in [0.4, 0.5) is 5.69 Å². The Hall–Kier alpha value is -2.34. The van der Waals surface area contributed by atoms with E-state index in [0.717, 1.165) is 50.4 Å². The van der Waals surface area contributed by atoms with Crippen LogP contribution in [0.15, 0.2) is 30.3 Å². The minimum absolute atomic E-state index is 0.232. The number of morpholine rings is 1. The third-order valence-electron chi connectivity index (χ3n) is 4.76. The number of amides is 1. The van der Waals surface area contributed by atoms with E-state index in [1.807, 2.05) is 24.3 Å². The summed E-state index contributed by atoms with van der Waals surface area (Å²) in [5.74, 6) is -1.15. The lowest BCUT2D eigenvalue weighted by molar-refractivity contribution is -0.150. The summed E-state index contributed by atoms with van der Waals surface area (Å²) >= 11 is 0. The summed E-state index contributed by atoms with van der Waals surface area (Å²) in [6, 6.07) is 7.32. The van der Waals surface area contributed by atoms with Gasteiger partial charge in [0.05, 0.1) is 13.2 Å². The number of carboxylic acids is 1. The first-order valence-corrected chi connectivity index (χ1v) is 8.79. The largest absolute Gasteiger partial charge is 0.480 e. The molecule has 1 N–H and O–H groups in total. The van der Waals surface area contributed by atoms with Gasteiger partial charge in [0.2, 0.25) is 5.91 Å². The van der Waals surface area contributed by atoms with Crippen molar-refractivity contribution in [1.29, 1.82) is 0 Å². The molecule has 0 aliphatic carbocycles. The normalized spacial score (nSPS) is 21.5. The summed E-state index contributed by atoms with van der Waals surface area (Å²) in [5.41, 5.74) is 2.07. The molecule has 0 bridgehead atoms. The molecule has 2 aliphatic rings. The van der Waals surface area contributed by atoms with Crippen molar-refractivity contribution >= 4 is 23.6 Å². The number of carboxylic acid groups (broad SMARTS) is 1. The van der Waals surface area contributed by atoms with Crippen molar-refractivity contribution < 1.29 is 19.4 Å². The monoisotopic (exact) mass is 344 g/mol. The SMILES string of the molecule is O=C(O)C1CCCCN1C(=O)/C=C/c1ccc(N2CCOCC2)cc1. The molecule has 1 aromatic rings. The second kappa shape index (κ2) is 8.16. The van der Waals surface area contributed by atoms with Crippen molar-refractivity contribution in [3.05, 3.63) is 35.9 Å². The van der Waals surface area contributed by atoms with Gasteiger partial charge in [-0.2, -0.15) is 0 Å². The molecule has 2 heterocycles. The number of likely N-dealkylation sites (tertiary alicyclic amines) is 1. The number of piperidine rings is 1. The number of nitrogens with zero attached hydrogens (tertiary/aromatic N) is 2. The number of hydrogen-bond acceptors (Lipinski definition) is 4. The van der Waals surface area contributed by atoms with Crippen LogP contribution in [0.5, 0.6) is 0 Å². The van der Waals surface area contributed by atoms with Gasteiger partial charge >= 0.3 is 5.97 Å². The molecule has 3 rings (SSSR count). The zero-order chi connectivity index (χ0) is 17.6. The molecule has 6 nitrogen and oxygen atoms in total. The van der Waals surface area contributed by atoms with E-state index in [1.54, 1.807) is 6.08 Å². The molecule has 25 heavy (non-hydrogen) atoms. The number of anilines is 1. The van der Waals surface area contributed by atoms with Gasteiger partial charge in [-0.15, -0.1) is 0 Å². The van der Waals surface area contributed by atoms with Crippen LogP contribution in [0.25, 0.3) is 6.08 Å². The molecule has 1 amide bonds. The van der Waals surface area contributed by atoms with E-state index in [-0.39, 0.29) is 5.91 Å². The Labute approximate surface area is 147 Å². The fourth-order valence-electron chi connectivity index (χ4n) is 3.33. The van der Waals surface area contributed by atoms with E-state index >= 15 is 0 Å². The Balaban J connectivity index is 1.62. The lowest BCUT2D eigenvalue weighted by Crippen LogP contribution is -2.47. The van der Waals surface area contributed by atoms with Crippen LogP contribution in [-0.4, -0.2) is 60.8 Å². The predicted octanol–water partition coefficient (Wildman–Crippen LogP) is 2.00. The van der Waals surface area contributed by atoms with E-state index < -0.39 is 12.0 Å². The standard InChI is InChI=1S/C19H24N2O4/c22-18(21-10-2-1-3-17(21)19(23)24)9-6-15-4-7-16(8-5-15)20-11-13-25-14-12-20/h4-9,17H,1-3,10-14H2,(H,23,24)/b9-6+. The third-order valence-corrected chi connectivity index (χ3v) is 4.76. The lowest BCUT2D eigenvalue weighted by atomic mass is 10.0. The number of ether oxygens (including phenoxy) is 1. The van der Waals surface area contributed by atoms with Gasteiger partial charge in [-0.1, -0.05) is 12.1 Å². The molecule has 1 atom stereocenters. The van der Waals surface area contributed by atoms with Crippen LogP contribution in [0.3, 0.4) is 0 Å². The van der Waals surface area contributed by atoms with Crippen molar-refractivity contribution in [2.75, 3.05) is 37.7 Å². The maximum absolute atomic E-state index is 12.4. The van der Waals surface area contributed by atoms with Crippen molar-refractivity contribution in [1.82, 2.24) is 4.90 Å². The van der Waals surface area contributed by atoms with Crippen LogP contribution >= 0.6 is 0 Å². The molecule has 0 radical (unpaired) electrons. The second-order valence-electron chi connectivity index (χ2n) is 6.41. The van der Waals surface area contributed by atoms with E-state index in [1.165, 1.54) is 11.0 Å². The van der Waals surface area contributed by atoms with E-state index in [0.29, 0.717) is 13.0 Å². The second-order valence-corrected chi connectivity index (χ2v) is 6.41. The summed E-state index contributed by atoms with van der Waals surface area (Å²) < 4.78 is 5.36. The average Bonchev–Trinajstić information content (AvgIpc) is 2.67. The number of rotatable bonds is 4. The first kappa shape index (κ1) is 17.5. The molecule has 2 aliphatic heterocycles. The maximum Gasteiger partial charge on any atom is 0.326 e. The zero-order valence-electron chi connectivity index (χ0n) is 14.3. The lowest BCUT2D eigenvalue weighted by Gasteiger charge is -2.32. The van der Waals surface area contributed by atoms with Crippen molar-refractivity contribution in [2.24, 2.45) is 0 Å². The average molecular weight is 344 g/mol. The highest BCUT2D eigenvalue weighted by molar-refractivity contribution is 5.94. The van der Waals surface area contributed by atoms with Crippen LogP contribution in [-0.2, 0) is 14.3 Å². The molecule has 134 valence electrons. The van der Waals surface area contributed by atoms with Gasteiger partial charge in [-0.25, -0.2) is 4.79 Å². The fraction of sp³-hybridized carbons (Fsp3) is 0.474. The van der Waals surface area contributed by atoms with Gasteiger partial charge in [0.25, 0.3) is 0 Å². The summed E-state index contributed by atoms with van der Waals surface area (Å²) in [5, 5.41) is 9.27. The van der Waals surface area contributed by atoms with Gasteiger partial charge in [-0.3, -0.25) is 4.79 Å². The molecule has 1 aromatic carbocycles. The molecule has 0 aromatic heterocycles. The zero-order valence-corrected chi connectivity index (χ0v) is 14.3. The third kappa shape index (κ3) is 4.39. The summed E-state index contributed by atoms with van der Waals surface area (Å²) in [4.78, 5) is 27.4. The highest BCUT2D eigenvalue weighted by Crippen LogP contribution is 2.19. The first-order chi connectivity index (χ1) is 12.1. The molecule has 0 spiro atoms. The quantitative estimate of drug-likeness (QED) is 0.846. The van der Waals surface area contributed by atoms with Gasteiger partial charge in [0, 0.05) is 31.4 Å². The van der Waals surface area contributed by atoms with Crippen molar-refractivity contribution in [3.63, 3.8) is 0 Å². The number of benzene rings is 1. The highest BCUT2D eigenvalue weighted by atomic mass is 16.5. The van der Waals surface area contributed by atoms with Crippen LogP contribution in [0, 0.1) is 0 Å². The Morgan fingerprint density at radius 3 is 2.48 bits per heavy atom. The minimum atomic E-state index is -0.920. The summed E-state index contributed by atoms with van der Waals surface area (Å²) in [7, 11) is 0. The Morgan fingerprint density at radius 1 is 1.08 bits per heavy atom. The topological polar surface area (TPSA) is 70.1 Å². The van der Waals surface area contributed by atoms with Gasteiger partial charge < -0.3 is 19.6 Å². The van der Waals surface area contributed by atoms with E-state index in [4.69, 9.17) is 4.74 Å². The Morgan fingerprint density at radius 2 is 1.80 bits per heavy atom. The fourth-order valence-corrected chi connectivity index (χ4v) is 3.33.